The largest absolute Gasteiger partial charge is 0.507 e. The number of phenols is 1. The molecule has 0 unspecified atom stereocenters. The molecule has 1 aromatic carbocycles. The molecule has 1 heterocycles. The molecule has 1 amide bonds. The van der Waals surface area contributed by atoms with Crippen LogP contribution in [0.15, 0.2) is 31.9 Å². The molecule has 0 bridgehead atoms. The van der Waals surface area contributed by atoms with E-state index in [0.29, 0.717) is 15.4 Å². The SMILES string of the molecule is CC(C)(C)OC(=O)CC[C@H](NC(=O)OCc1cc(=O)oc2cc(O)c(Br)cc12)C(=O)OC(C)(C)C. The van der Waals surface area contributed by atoms with Crippen molar-refractivity contribution in [3.8, 4) is 5.75 Å². The van der Waals surface area contributed by atoms with Crippen LogP contribution in [0.3, 0.4) is 0 Å². The van der Waals surface area contributed by atoms with Crippen molar-refractivity contribution in [3.63, 3.8) is 0 Å². The summed E-state index contributed by atoms with van der Waals surface area (Å²) >= 11 is 3.19. The lowest BCUT2D eigenvalue weighted by molar-refractivity contribution is -0.158. The van der Waals surface area contributed by atoms with Gasteiger partial charge in [-0.1, -0.05) is 0 Å². The van der Waals surface area contributed by atoms with E-state index in [2.05, 4.69) is 21.2 Å². The number of benzene rings is 1. The molecule has 35 heavy (non-hydrogen) atoms. The van der Waals surface area contributed by atoms with Crippen LogP contribution in [0.4, 0.5) is 4.79 Å². The fourth-order valence-electron chi connectivity index (χ4n) is 2.96. The lowest BCUT2D eigenvalue weighted by Crippen LogP contribution is -2.44. The molecular formula is C24H30BrNO9. The molecule has 0 saturated heterocycles. The summed E-state index contributed by atoms with van der Waals surface area (Å²) in [5, 5.41) is 12.7. The molecule has 0 saturated carbocycles. The second-order valence-electron chi connectivity index (χ2n) is 9.82. The van der Waals surface area contributed by atoms with Gasteiger partial charge in [-0.05, 0) is 70.0 Å². The Labute approximate surface area is 211 Å². The third-order valence-corrected chi connectivity index (χ3v) is 4.93. The Hall–Kier alpha value is -3.08. The molecule has 0 fully saturated rings. The molecule has 2 aromatic rings. The minimum atomic E-state index is -1.17. The number of phenolic OH excluding ortho intramolecular Hbond substituents is 1. The Kier molecular flexibility index (Phi) is 8.94. The van der Waals surface area contributed by atoms with Crippen molar-refractivity contribution in [1.82, 2.24) is 5.32 Å². The first-order valence-electron chi connectivity index (χ1n) is 10.9. The summed E-state index contributed by atoms with van der Waals surface area (Å²) in [7, 11) is 0. The first-order chi connectivity index (χ1) is 16.0. The summed E-state index contributed by atoms with van der Waals surface area (Å²) in [6.45, 7) is 9.87. The van der Waals surface area contributed by atoms with E-state index in [-0.39, 0.29) is 30.8 Å². The summed E-state index contributed by atoms with van der Waals surface area (Å²) in [6, 6.07) is 2.78. The van der Waals surface area contributed by atoms with E-state index in [0.717, 1.165) is 6.07 Å². The van der Waals surface area contributed by atoms with Gasteiger partial charge in [0.15, 0.2) is 0 Å². The van der Waals surface area contributed by atoms with Gasteiger partial charge in [0.25, 0.3) is 0 Å². The zero-order valence-corrected chi connectivity index (χ0v) is 22.1. The number of carbonyl (C=O) groups is 3. The first-order valence-corrected chi connectivity index (χ1v) is 11.7. The second-order valence-corrected chi connectivity index (χ2v) is 10.7. The van der Waals surface area contributed by atoms with Crippen molar-refractivity contribution in [2.75, 3.05) is 0 Å². The van der Waals surface area contributed by atoms with E-state index in [1.54, 1.807) is 41.5 Å². The lowest BCUT2D eigenvalue weighted by Gasteiger charge is -2.25. The van der Waals surface area contributed by atoms with Crippen molar-refractivity contribution >= 4 is 44.9 Å². The van der Waals surface area contributed by atoms with Gasteiger partial charge in [-0.3, -0.25) is 4.79 Å². The predicted octanol–water partition coefficient (Wildman–Crippen LogP) is 4.32. The van der Waals surface area contributed by atoms with Gasteiger partial charge in [0, 0.05) is 29.5 Å². The highest BCUT2D eigenvalue weighted by molar-refractivity contribution is 9.10. The monoisotopic (exact) mass is 555 g/mol. The number of hydrogen-bond donors (Lipinski definition) is 2. The number of ether oxygens (including phenoxy) is 3. The molecule has 2 rings (SSSR count). The van der Waals surface area contributed by atoms with Crippen LogP contribution < -0.4 is 10.9 Å². The fraction of sp³-hybridized carbons (Fsp3) is 0.500. The number of hydrogen-bond acceptors (Lipinski definition) is 9. The summed E-state index contributed by atoms with van der Waals surface area (Å²) in [4.78, 5) is 49.1. The number of rotatable bonds is 7. The number of aromatic hydroxyl groups is 1. The minimum Gasteiger partial charge on any atom is -0.507 e. The fourth-order valence-corrected chi connectivity index (χ4v) is 3.30. The lowest BCUT2D eigenvalue weighted by atomic mass is 10.1. The Balaban J connectivity index is 2.13. The highest BCUT2D eigenvalue weighted by atomic mass is 79.9. The normalized spacial score (nSPS) is 12.7. The van der Waals surface area contributed by atoms with Crippen LogP contribution >= 0.6 is 15.9 Å². The molecule has 1 aromatic heterocycles. The van der Waals surface area contributed by atoms with Gasteiger partial charge in [-0.2, -0.15) is 0 Å². The molecule has 0 radical (unpaired) electrons. The molecule has 1 atom stereocenters. The van der Waals surface area contributed by atoms with Crippen molar-refractivity contribution in [1.29, 1.82) is 0 Å². The maximum atomic E-state index is 12.6. The van der Waals surface area contributed by atoms with E-state index >= 15 is 0 Å². The first kappa shape index (κ1) is 28.2. The third-order valence-electron chi connectivity index (χ3n) is 4.30. The number of amides is 1. The number of carbonyl (C=O) groups excluding carboxylic acids is 3. The van der Waals surface area contributed by atoms with Crippen molar-refractivity contribution < 1.29 is 38.1 Å². The Morgan fingerprint density at radius 2 is 1.69 bits per heavy atom. The number of alkyl carbamates (subject to hydrolysis) is 1. The van der Waals surface area contributed by atoms with Crippen LogP contribution in [0.2, 0.25) is 0 Å². The molecule has 0 aliphatic carbocycles. The van der Waals surface area contributed by atoms with Gasteiger partial charge < -0.3 is 29.1 Å². The summed E-state index contributed by atoms with van der Waals surface area (Å²) in [5.41, 5.74) is -1.76. The minimum absolute atomic E-state index is 0.0665. The molecule has 0 aliphatic rings. The summed E-state index contributed by atoms with van der Waals surface area (Å²) in [6.07, 6.45) is -1.16. The molecule has 11 heteroatoms. The van der Waals surface area contributed by atoms with Gasteiger partial charge in [0.2, 0.25) is 0 Å². The average Bonchev–Trinajstić information content (AvgIpc) is 2.68. The van der Waals surface area contributed by atoms with Crippen LogP contribution in [-0.4, -0.2) is 40.4 Å². The van der Waals surface area contributed by atoms with Crippen LogP contribution in [0.25, 0.3) is 11.0 Å². The van der Waals surface area contributed by atoms with Gasteiger partial charge in [0.05, 0.1) is 4.47 Å². The molecule has 192 valence electrons. The highest BCUT2D eigenvalue weighted by Gasteiger charge is 2.29. The van der Waals surface area contributed by atoms with E-state index in [9.17, 15) is 24.3 Å². The maximum Gasteiger partial charge on any atom is 0.408 e. The maximum absolute atomic E-state index is 12.6. The van der Waals surface area contributed by atoms with Gasteiger partial charge >= 0.3 is 23.7 Å². The van der Waals surface area contributed by atoms with Crippen LogP contribution in [0.1, 0.15) is 59.9 Å². The second kappa shape index (κ2) is 11.1. The van der Waals surface area contributed by atoms with Crippen LogP contribution in [0, 0.1) is 0 Å². The molecule has 10 nitrogen and oxygen atoms in total. The molecule has 0 aliphatic heterocycles. The molecule has 0 spiro atoms. The van der Waals surface area contributed by atoms with Gasteiger partial charge in [0.1, 0.15) is 35.2 Å². The Bertz CT molecular complexity index is 1160. The van der Waals surface area contributed by atoms with E-state index in [1.807, 2.05) is 0 Å². The van der Waals surface area contributed by atoms with Crippen LogP contribution in [-0.2, 0) is 30.4 Å². The van der Waals surface area contributed by atoms with E-state index < -0.39 is 40.9 Å². The van der Waals surface area contributed by atoms with E-state index in [1.165, 1.54) is 12.1 Å². The number of nitrogens with one attached hydrogen (secondary N) is 1. The quantitative estimate of drug-likeness (QED) is 0.290. The highest BCUT2D eigenvalue weighted by Crippen LogP contribution is 2.30. The summed E-state index contributed by atoms with van der Waals surface area (Å²) in [5.74, 6) is -1.39. The van der Waals surface area contributed by atoms with Gasteiger partial charge in [-0.15, -0.1) is 0 Å². The Morgan fingerprint density at radius 1 is 1.06 bits per heavy atom. The third kappa shape index (κ3) is 9.23. The van der Waals surface area contributed by atoms with Crippen molar-refractivity contribution in [2.45, 2.75) is 78.2 Å². The topological polar surface area (TPSA) is 141 Å². The average molecular weight is 556 g/mol. The number of fused-ring (bicyclic) bond motifs is 1. The number of esters is 2. The zero-order valence-electron chi connectivity index (χ0n) is 20.5. The molecule has 2 N–H and O–H groups in total. The Morgan fingerprint density at radius 3 is 2.29 bits per heavy atom. The van der Waals surface area contributed by atoms with E-state index in [4.69, 9.17) is 18.6 Å². The van der Waals surface area contributed by atoms with Gasteiger partial charge in [-0.25, -0.2) is 14.4 Å². The van der Waals surface area contributed by atoms with Crippen molar-refractivity contribution in [2.24, 2.45) is 0 Å². The number of halogens is 1. The standard InChI is InChI=1S/C24H30BrNO9/c1-23(2,3)34-19(28)8-7-16(21(30)35-24(4,5)6)26-22(31)32-12-13-9-20(29)33-18-11-17(27)15(25)10-14(13)18/h9-11,16,27H,7-8,12H2,1-6H3,(H,26,31)/t16-/m0/s1. The zero-order chi connectivity index (χ0) is 26.6. The predicted molar refractivity (Wildman–Crippen MR) is 130 cm³/mol. The summed E-state index contributed by atoms with van der Waals surface area (Å²) < 4.78 is 21.3. The van der Waals surface area contributed by atoms with Crippen LogP contribution in [0.5, 0.6) is 5.75 Å². The smallest absolute Gasteiger partial charge is 0.408 e. The molecular weight excluding hydrogens is 526 g/mol. The van der Waals surface area contributed by atoms with Crippen molar-refractivity contribution in [3.05, 3.63) is 38.7 Å².